The second-order valence-corrected chi connectivity index (χ2v) is 4.42. The molecule has 1 rings (SSSR count). The summed E-state index contributed by atoms with van der Waals surface area (Å²) in [5.74, 6) is 1.03. The average Bonchev–Trinajstić information content (AvgIpc) is 2.52. The van der Waals surface area contributed by atoms with E-state index in [0.717, 1.165) is 11.4 Å². The van der Waals surface area contributed by atoms with Crippen molar-refractivity contribution in [2.75, 3.05) is 13.3 Å². The Labute approximate surface area is 81.8 Å². The van der Waals surface area contributed by atoms with Gasteiger partial charge in [-0.1, -0.05) is 0 Å². The molecule has 0 aliphatic carbocycles. The van der Waals surface area contributed by atoms with Crippen molar-refractivity contribution in [3.05, 3.63) is 16.1 Å². The van der Waals surface area contributed by atoms with Crippen LogP contribution in [0.1, 0.15) is 23.7 Å². The van der Waals surface area contributed by atoms with Crippen LogP contribution in [-0.2, 0) is 5.75 Å². The SMILES string of the molecule is CNC(C)c1csc(CSC)n1. The molecule has 0 radical (unpaired) electrons. The fourth-order valence-corrected chi connectivity index (χ4v) is 2.47. The number of nitrogens with zero attached hydrogens (tertiary/aromatic N) is 1. The number of thiazole rings is 1. The van der Waals surface area contributed by atoms with Crippen LogP contribution in [-0.4, -0.2) is 18.3 Å². The van der Waals surface area contributed by atoms with Gasteiger partial charge in [0.05, 0.1) is 5.69 Å². The molecule has 0 spiro atoms. The molecule has 1 unspecified atom stereocenters. The molecule has 0 amide bonds. The monoisotopic (exact) mass is 202 g/mol. The Balaban J connectivity index is 2.63. The molecule has 1 aromatic rings. The number of thioether (sulfide) groups is 1. The molecule has 0 aliphatic heterocycles. The zero-order chi connectivity index (χ0) is 8.97. The second kappa shape index (κ2) is 4.84. The van der Waals surface area contributed by atoms with Crippen LogP contribution in [0.4, 0.5) is 0 Å². The van der Waals surface area contributed by atoms with Gasteiger partial charge in [-0.15, -0.1) is 11.3 Å². The number of nitrogens with one attached hydrogen (secondary N) is 1. The molecule has 0 fully saturated rings. The number of hydrogen-bond donors (Lipinski definition) is 1. The fraction of sp³-hybridized carbons (Fsp3) is 0.625. The lowest BCUT2D eigenvalue weighted by Gasteiger charge is -2.04. The highest BCUT2D eigenvalue weighted by atomic mass is 32.2. The molecular formula is C8H14N2S2. The summed E-state index contributed by atoms with van der Waals surface area (Å²) in [5.41, 5.74) is 1.16. The summed E-state index contributed by atoms with van der Waals surface area (Å²) in [6.07, 6.45) is 2.10. The average molecular weight is 202 g/mol. The van der Waals surface area contributed by atoms with Gasteiger partial charge in [-0.2, -0.15) is 11.8 Å². The van der Waals surface area contributed by atoms with Crippen molar-refractivity contribution in [2.45, 2.75) is 18.7 Å². The van der Waals surface area contributed by atoms with E-state index in [0.29, 0.717) is 6.04 Å². The Morgan fingerprint density at radius 3 is 3.08 bits per heavy atom. The first-order valence-electron chi connectivity index (χ1n) is 3.88. The highest BCUT2D eigenvalue weighted by Crippen LogP contribution is 2.18. The van der Waals surface area contributed by atoms with Gasteiger partial charge in [0.2, 0.25) is 0 Å². The summed E-state index contributed by atoms with van der Waals surface area (Å²) < 4.78 is 0. The smallest absolute Gasteiger partial charge is 0.103 e. The summed E-state index contributed by atoms with van der Waals surface area (Å²) in [6.45, 7) is 2.12. The molecule has 1 aromatic heterocycles. The molecule has 0 aromatic carbocycles. The molecule has 4 heteroatoms. The Kier molecular flexibility index (Phi) is 4.05. The predicted molar refractivity (Wildman–Crippen MR) is 56.8 cm³/mol. The van der Waals surface area contributed by atoms with Gasteiger partial charge in [0.25, 0.3) is 0 Å². The lowest BCUT2D eigenvalue weighted by molar-refractivity contribution is 0.635. The summed E-state index contributed by atoms with van der Waals surface area (Å²) in [5, 5.41) is 6.53. The number of hydrogen-bond acceptors (Lipinski definition) is 4. The van der Waals surface area contributed by atoms with Crippen LogP contribution in [0.3, 0.4) is 0 Å². The van der Waals surface area contributed by atoms with E-state index in [9.17, 15) is 0 Å². The molecule has 0 bridgehead atoms. The van der Waals surface area contributed by atoms with Crippen LogP contribution in [0.25, 0.3) is 0 Å². The first-order chi connectivity index (χ1) is 5.77. The Morgan fingerprint density at radius 1 is 1.75 bits per heavy atom. The van der Waals surface area contributed by atoms with Gasteiger partial charge in [-0.25, -0.2) is 4.98 Å². The Hall–Kier alpha value is -0.0600. The van der Waals surface area contributed by atoms with Gasteiger partial charge in [0.1, 0.15) is 5.01 Å². The predicted octanol–water partition coefficient (Wildman–Crippen LogP) is 2.29. The maximum absolute atomic E-state index is 4.51. The first-order valence-corrected chi connectivity index (χ1v) is 6.15. The van der Waals surface area contributed by atoms with Crippen LogP contribution < -0.4 is 5.32 Å². The topological polar surface area (TPSA) is 24.9 Å². The summed E-state index contributed by atoms with van der Waals surface area (Å²) >= 11 is 3.56. The molecule has 12 heavy (non-hydrogen) atoms. The van der Waals surface area contributed by atoms with Crippen molar-refractivity contribution in [1.82, 2.24) is 10.3 Å². The van der Waals surface area contributed by atoms with E-state index < -0.39 is 0 Å². The normalized spacial score (nSPS) is 13.2. The van der Waals surface area contributed by atoms with Crippen LogP contribution in [0, 0.1) is 0 Å². The minimum Gasteiger partial charge on any atom is -0.312 e. The van der Waals surface area contributed by atoms with Gasteiger partial charge in [0.15, 0.2) is 0 Å². The molecule has 0 saturated heterocycles. The van der Waals surface area contributed by atoms with E-state index in [1.165, 1.54) is 5.01 Å². The zero-order valence-electron chi connectivity index (χ0n) is 7.63. The third-order valence-corrected chi connectivity index (χ3v) is 3.33. The third-order valence-electron chi connectivity index (χ3n) is 1.71. The van der Waals surface area contributed by atoms with E-state index in [1.54, 1.807) is 11.3 Å². The molecule has 1 atom stereocenters. The largest absolute Gasteiger partial charge is 0.312 e. The van der Waals surface area contributed by atoms with Crippen molar-refractivity contribution in [3.63, 3.8) is 0 Å². The maximum atomic E-state index is 4.51. The van der Waals surface area contributed by atoms with Crippen molar-refractivity contribution >= 4 is 23.1 Å². The molecule has 0 aliphatic rings. The van der Waals surface area contributed by atoms with Gasteiger partial charge < -0.3 is 5.32 Å². The third kappa shape index (κ3) is 2.47. The number of aromatic nitrogens is 1. The zero-order valence-corrected chi connectivity index (χ0v) is 9.26. The van der Waals surface area contributed by atoms with Crippen LogP contribution in [0.5, 0.6) is 0 Å². The van der Waals surface area contributed by atoms with Crippen LogP contribution in [0.2, 0.25) is 0 Å². The lowest BCUT2D eigenvalue weighted by atomic mass is 10.3. The Morgan fingerprint density at radius 2 is 2.50 bits per heavy atom. The maximum Gasteiger partial charge on any atom is 0.103 e. The van der Waals surface area contributed by atoms with Gasteiger partial charge in [0, 0.05) is 17.2 Å². The minimum atomic E-state index is 0.372. The second-order valence-electron chi connectivity index (χ2n) is 2.61. The Bertz CT molecular complexity index is 235. The lowest BCUT2D eigenvalue weighted by Crippen LogP contribution is -2.12. The van der Waals surface area contributed by atoms with E-state index in [-0.39, 0.29) is 0 Å². The van der Waals surface area contributed by atoms with Crippen molar-refractivity contribution in [1.29, 1.82) is 0 Å². The van der Waals surface area contributed by atoms with Gasteiger partial charge in [-0.3, -0.25) is 0 Å². The van der Waals surface area contributed by atoms with E-state index >= 15 is 0 Å². The molecule has 1 N–H and O–H groups in total. The summed E-state index contributed by atoms with van der Waals surface area (Å²) in [7, 11) is 1.96. The van der Waals surface area contributed by atoms with E-state index in [1.807, 2.05) is 18.8 Å². The molecule has 2 nitrogen and oxygen atoms in total. The minimum absolute atomic E-state index is 0.372. The summed E-state index contributed by atoms with van der Waals surface area (Å²) in [4.78, 5) is 4.51. The standard InChI is InChI=1S/C8H14N2S2/c1-6(9-2)7-4-12-8(10-7)5-11-3/h4,6,9H,5H2,1-3H3. The molecule has 68 valence electrons. The van der Waals surface area contributed by atoms with Crippen LogP contribution >= 0.6 is 23.1 Å². The highest BCUT2D eigenvalue weighted by Gasteiger charge is 2.06. The highest BCUT2D eigenvalue weighted by molar-refractivity contribution is 7.97. The van der Waals surface area contributed by atoms with E-state index in [2.05, 4.69) is 28.9 Å². The van der Waals surface area contributed by atoms with Crippen molar-refractivity contribution in [3.8, 4) is 0 Å². The molecule has 1 heterocycles. The van der Waals surface area contributed by atoms with Gasteiger partial charge >= 0.3 is 0 Å². The summed E-state index contributed by atoms with van der Waals surface area (Å²) in [6, 6.07) is 0.372. The quantitative estimate of drug-likeness (QED) is 0.811. The molecular weight excluding hydrogens is 188 g/mol. The van der Waals surface area contributed by atoms with E-state index in [4.69, 9.17) is 0 Å². The van der Waals surface area contributed by atoms with Crippen LogP contribution in [0.15, 0.2) is 5.38 Å². The van der Waals surface area contributed by atoms with Crippen molar-refractivity contribution in [2.24, 2.45) is 0 Å². The molecule has 0 saturated carbocycles. The van der Waals surface area contributed by atoms with Crippen molar-refractivity contribution < 1.29 is 0 Å². The first kappa shape index (κ1) is 10.0. The van der Waals surface area contributed by atoms with Gasteiger partial charge in [-0.05, 0) is 20.2 Å². The fourth-order valence-electron chi connectivity index (χ4n) is 0.862. The number of rotatable bonds is 4.